The summed E-state index contributed by atoms with van der Waals surface area (Å²) in [6, 6.07) is 13.5. The minimum Gasteiger partial charge on any atom is -0.495 e. The van der Waals surface area contributed by atoms with Crippen molar-refractivity contribution in [1.29, 1.82) is 0 Å². The zero-order chi connectivity index (χ0) is 24.2. The first-order valence-corrected chi connectivity index (χ1v) is 11.8. The first-order valence-electron chi connectivity index (χ1n) is 11.0. The zero-order valence-electron chi connectivity index (χ0n) is 20.1. The molecule has 0 N–H and O–H groups in total. The number of para-hydroxylation sites is 1. The van der Waals surface area contributed by atoms with Gasteiger partial charge in [-0.15, -0.1) is 0 Å². The number of carbonyl (C=O) groups is 1. The van der Waals surface area contributed by atoms with Gasteiger partial charge in [0.1, 0.15) is 21.7 Å². The topological polar surface area (TPSA) is 72.7 Å². The van der Waals surface area contributed by atoms with Crippen molar-refractivity contribution in [1.82, 2.24) is 19.7 Å². The fraction of sp³-hybridized carbons (Fsp3) is 0.320. The van der Waals surface area contributed by atoms with E-state index >= 15 is 0 Å². The van der Waals surface area contributed by atoms with Crippen molar-refractivity contribution in [2.45, 2.75) is 13.3 Å². The molecule has 9 heteroatoms. The highest BCUT2D eigenvalue weighted by Gasteiger charge is 2.26. The SMILES string of the molecule is COc1ccc(OC)c2sc(N(CCCN(C)C)C(=O)c3cnn(-c4ccccc4)c3C)nc12. The van der Waals surface area contributed by atoms with Crippen LogP contribution in [0.15, 0.2) is 48.7 Å². The number of aromatic nitrogens is 3. The van der Waals surface area contributed by atoms with Gasteiger partial charge in [0, 0.05) is 6.54 Å². The van der Waals surface area contributed by atoms with Gasteiger partial charge in [0.15, 0.2) is 5.13 Å². The molecule has 0 saturated heterocycles. The molecular weight excluding hydrogens is 450 g/mol. The summed E-state index contributed by atoms with van der Waals surface area (Å²) in [5, 5.41) is 5.10. The summed E-state index contributed by atoms with van der Waals surface area (Å²) in [6.45, 7) is 3.29. The second kappa shape index (κ2) is 10.2. The number of thiazole rings is 1. The molecule has 0 atom stereocenters. The smallest absolute Gasteiger partial charge is 0.263 e. The molecule has 0 unspecified atom stereocenters. The third kappa shape index (κ3) is 4.62. The van der Waals surface area contributed by atoms with Gasteiger partial charge in [-0.3, -0.25) is 9.69 Å². The number of carbonyl (C=O) groups excluding carboxylic acids is 1. The number of amides is 1. The number of nitrogens with zero attached hydrogens (tertiary/aromatic N) is 5. The van der Waals surface area contributed by atoms with Gasteiger partial charge in [0.2, 0.25) is 0 Å². The highest BCUT2D eigenvalue weighted by atomic mass is 32.1. The van der Waals surface area contributed by atoms with E-state index in [1.807, 2.05) is 63.5 Å². The molecule has 2 aromatic carbocycles. The van der Waals surface area contributed by atoms with E-state index in [1.54, 1.807) is 30.0 Å². The number of ether oxygens (including phenoxy) is 2. The summed E-state index contributed by atoms with van der Waals surface area (Å²) in [5.74, 6) is 1.22. The van der Waals surface area contributed by atoms with E-state index in [0.29, 0.717) is 34.3 Å². The van der Waals surface area contributed by atoms with Gasteiger partial charge in [-0.1, -0.05) is 29.5 Å². The van der Waals surface area contributed by atoms with Crippen LogP contribution in [-0.2, 0) is 0 Å². The molecule has 178 valence electrons. The molecule has 0 radical (unpaired) electrons. The lowest BCUT2D eigenvalue weighted by molar-refractivity contribution is 0.0985. The van der Waals surface area contributed by atoms with Crippen LogP contribution >= 0.6 is 11.3 Å². The molecule has 0 aliphatic heterocycles. The fourth-order valence-electron chi connectivity index (χ4n) is 3.81. The molecule has 0 spiro atoms. The molecule has 34 heavy (non-hydrogen) atoms. The van der Waals surface area contributed by atoms with Crippen LogP contribution in [0, 0.1) is 6.92 Å². The van der Waals surface area contributed by atoms with E-state index in [4.69, 9.17) is 14.5 Å². The van der Waals surface area contributed by atoms with Crippen molar-refractivity contribution in [2.75, 3.05) is 46.3 Å². The fourth-order valence-corrected chi connectivity index (χ4v) is 4.91. The van der Waals surface area contributed by atoms with E-state index in [-0.39, 0.29) is 5.91 Å². The normalized spacial score (nSPS) is 11.2. The Morgan fingerprint density at radius 1 is 1.03 bits per heavy atom. The Bertz CT molecular complexity index is 1240. The summed E-state index contributed by atoms with van der Waals surface area (Å²) in [5.41, 5.74) is 2.92. The molecule has 2 heterocycles. The first-order chi connectivity index (χ1) is 16.4. The summed E-state index contributed by atoms with van der Waals surface area (Å²) < 4.78 is 13.7. The van der Waals surface area contributed by atoms with Crippen molar-refractivity contribution in [2.24, 2.45) is 0 Å². The predicted octanol–water partition coefficient (Wildman–Crippen LogP) is 4.41. The Hall–Kier alpha value is -3.43. The van der Waals surface area contributed by atoms with Gasteiger partial charge in [0.25, 0.3) is 5.91 Å². The van der Waals surface area contributed by atoms with Crippen molar-refractivity contribution < 1.29 is 14.3 Å². The quantitative estimate of drug-likeness (QED) is 0.354. The van der Waals surface area contributed by atoms with Crippen LogP contribution in [0.5, 0.6) is 11.5 Å². The maximum atomic E-state index is 13.8. The number of hydrogen-bond acceptors (Lipinski definition) is 7. The van der Waals surface area contributed by atoms with Crippen LogP contribution in [0.25, 0.3) is 15.9 Å². The summed E-state index contributed by atoms with van der Waals surface area (Å²) in [6.07, 6.45) is 2.44. The number of benzene rings is 2. The van der Waals surface area contributed by atoms with Crippen LogP contribution in [0.1, 0.15) is 22.5 Å². The monoisotopic (exact) mass is 479 g/mol. The van der Waals surface area contributed by atoms with Crippen molar-refractivity contribution >= 4 is 32.6 Å². The molecule has 1 amide bonds. The third-order valence-corrected chi connectivity index (χ3v) is 6.70. The Labute approximate surface area is 203 Å². The van der Waals surface area contributed by atoms with E-state index in [9.17, 15) is 4.79 Å². The summed E-state index contributed by atoms with van der Waals surface area (Å²) in [7, 11) is 7.28. The lowest BCUT2D eigenvalue weighted by Gasteiger charge is -2.21. The highest BCUT2D eigenvalue weighted by Crippen LogP contribution is 2.40. The molecule has 2 aromatic heterocycles. The number of anilines is 1. The minimum absolute atomic E-state index is 0.129. The minimum atomic E-state index is -0.129. The van der Waals surface area contributed by atoms with Crippen molar-refractivity contribution in [3.63, 3.8) is 0 Å². The van der Waals surface area contributed by atoms with Crippen LogP contribution in [0.4, 0.5) is 5.13 Å². The van der Waals surface area contributed by atoms with Crippen molar-refractivity contribution in [3.8, 4) is 17.2 Å². The van der Waals surface area contributed by atoms with Gasteiger partial charge in [-0.05, 0) is 58.3 Å². The summed E-state index contributed by atoms with van der Waals surface area (Å²) >= 11 is 1.43. The van der Waals surface area contributed by atoms with E-state index in [1.165, 1.54) is 11.3 Å². The Morgan fingerprint density at radius 2 is 1.74 bits per heavy atom. The van der Waals surface area contributed by atoms with E-state index in [0.717, 1.165) is 29.0 Å². The second-order valence-corrected chi connectivity index (χ2v) is 9.13. The number of methoxy groups -OCH3 is 2. The zero-order valence-corrected chi connectivity index (χ0v) is 20.9. The Morgan fingerprint density at radius 3 is 2.41 bits per heavy atom. The maximum Gasteiger partial charge on any atom is 0.263 e. The van der Waals surface area contributed by atoms with Crippen LogP contribution in [-0.4, -0.2) is 67.0 Å². The molecule has 4 aromatic rings. The summed E-state index contributed by atoms with van der Waals surface area (Å²) in [4.78, 5) is 22.5. The van der Waals surface area contributed by atoms with Crippen LogP contribution in [0.2, 0.25) is 0 Å². The molecule has 0 aliphatic rings. The van der Waals surface area contributed by atoms with E-state index < -0.39 is 0 Å². The standard InChI is InChI=1S/C25H29N5O3S/c1-17-19(16-26-30(17)18-10-7-6-8-11-18)24(31)29(15-9-14-28(2)3)25-27-22-20(32-4)12-13-21(33-5)23(22)34-25/h6-8,10-13,16H,9,14-15H2,1-5H3. The first kappa shape index (κ1) is 23.7. The Balaban J connectivity index is 1.75. The van der Waals surface area contributed by atoms with E-state index in [2.05, 4.69) is 10.00 Å². The van der Waals surface area contributed by atoms with Gasteiger partial charge in [-0.25, -0.2) is 9.67 Å². The molecule has 0 aliphatic carbocycles. The molecule has 4 rings (SSSR count). The third-order valence-electron chi connectivity index (χ3n) is 5.60. The number of rotatable bonds is 9. The van der Waals surface area contributed by atoms with Crippen molar-refractivity contribution in [3.05, 3.63) is 59.9 Å². The van der Waals surface area contributed by atoms with Gasteiger partial charge in [0.05, 0.1) is 37.4 Å². The largest absolute Gasteiger partial charge is 0.495 e. The van der Waals surface area contributed by atoms with Gasteiger partial charge < -0.3 is 14.4 Å². The van der Waals surface area contributed by atoms with Crippen LogP contribution < -0.4 is 14.4 Å². The van der Waals surface area contributed by atoms with Crippen LogP contribution in [0.3, 0.4) is 0 Å². The highest BCUT2D eigenvalue weighted by molar-refractivity contribution is 7.22. The van der Waals surface area contributed by atoms with Gasteiger partial charge >= 0.3 is 0 Å². The maximum absolute atomic E-state index is 13.8. The molecule has 0 fully saturated rings. The van der Waals surface area contributed by atoms with Gasteiger partial charge in [-0.2, -0.15) is 5.10 Å². The lowest BCUT2D eigenvalue weighted by atomic mass is 10.2. The predicted molar refractivity (Wildman–Crippen MR) is 136 cm³/mol. The average molecular weight is 480 g/mol. The Kier molecular flexibility index (Phi) is 7.14. The molecular formula is C25H29N5O3S. The lowest BCUT2D eigenvalue weighted by Crippen LogP contribution is -2.33. The number of hydrogen-bond donors (Lipinski definition) is 0. The second-order valence-electron chi connectivity index (χ2n) is 8.15. The molecule has 8 nitrogen and oxygen atoms in total. The molecule has 0 saturated carbocycles. The average Bonchev–Trinajstić information content (AvgIpc) is 3.45. The number of fused-ring (bicyclic) bond motifs is 1. The molecule has 0 bridgehead atoms.